The fourth-order valence-corrected chi connectivity index (χ4v) is 4.13. The second-order valence-corrected chi connectivity index (χ2v) is 8.21. The van der Waals surface area contributed by atoms with Crippen LogP contribution in [-0.4, -0.2) is 63.6 Å². The van der Waals surface area contributed by atoms with E-state index in [0.29, 0.717) is 38.0 Å². The number of hydrogen-bond donors (Lipinski definition) is 0. The molecule has 0 atom stereocenters. The first kappa shape index (κ1) is 22.5. The predicted octanol–water partition coefficient (Wildman–Crippen LogP) is 3.37. The highest BCUT2D eigenvalue weighted by molar-refractivity contribution is 5.79. The van der Waals surface area contributed by atoms with Gasteiger partial charge in [0.2, 0.25) is 11.9 Å². The fourth-order valence-electron chi connectivity index (χ4n) is 4.13. The standard InChI is InChI=1S/C26H25FN6O2/c1-35-22-9-3-19(4-10-22)23-18-33(21-7-5-20(27)6-8-21)24(30-23)17-25(34)31-13-15-32(16-14-31)26-28-11-2-12-29-26/h2-12,18H,13-17H2,1H3. The van der Waals surface area contributed by atoms with E-state index in [1.54, 1.807) is 37.7 Å². The van der Waals surface area contributed by atoms with Crippen LogP contribution in [-0.2, 0) is 11.2 Å². The lowest BCUT2D eigenvalue weighted by atomic mass is 10.1. The third-order valence-electron chi connectivity index (χ3n) is 6.05. The lowest BCUT2D eigenvalue weighted by Crippen LogP contribution is -2.49. The molecular weight excluding hydrogens is 447 g/mol. The molecule has 0 spiro atoms. The lowest BCUT2D eigenvalue weighted by molar-refractivity contribution is -0.130. The Balaban J connectivity index is 1.36. The lowest BCUT2D eigenvalue weighted by Gasteiger charge is -2.34. The number of carbonyl (C=O) groups is 1. The third kappa shape index (κ3) is 4.98. The smallest absolute Gasteiger partial charge is 0.230 e. The molecule has 1 fully saturated rings. The number of amides is 1. The van der Waals surface area contributed by atoms with Crippen molar-refractivity contribution in [1.29, 1.82) is 0 Å². The van der Waals surface area contributed by atoms with Gasteiger partial charge in [-0.2, -0.15) is 0 Å². The number of halogens is 1. The summed E-state index contributed by atoms with van der Waals surface area (Å²) in [5, 5.41) is 0. The van der Waals surface area contributed by atoms with Crippen LogP contribution in [0.5, 0.6) is 5.75 Å². The van der Waals surface area contributed by atoms with Crippen molar-refractivity contribution in [2.45, 2.75) is 6.42 Å². The Morgan fingerprint density at radius 3 is 2.31 bits per heavy atom. The molecule has 1 aliphatic rings. The molecule has 1 amide bonds. The van der Waals surface area contributed by atoms with Crippen molar-refractivity contribution >= 4 is 11.9 Å². The van der Waals surface area contributed by atoms with E-state index in [-0.39, 0.29) is 18.1 Å². The highest BCUT2D eigenvalue weighted by atomic mass is 19.1. The molecule has 5 rings (SSSR count). The molecule has 35 heavy (non-hydrogen) atoms. The van der Waals surface area contributed by atoms with Crippen molar-refractivity contribution in [3.63, 3.8) is 0 Å². The number of aromatic nitrogens is 4. The minimum Gasteiger partial charge on any atom is -0.497 e. The zero-order valence-corrected chi connectivity index (χ0v) is 19.3. The highest BCUT2D eigenvalue weighted by Gasteiger charge is 2.24. The first-order valence-electron chi connectivity index (χ1n) is 11.4. The van der Waals surface area contributed by atoms with Crippen LogP contribution in [0.15, 0.2) is 73.2 Å². The molecule has 8 nitrogen and oxygen atoms in total. The molecule has 3 heterocycles. The van der Waals surface area contributed by atoms with E-state index in [4.69, 9.17) is 9.72 Å². The van der Waals surface area contributed by atoms with Gasteiger partial charge in [0.25, 0.3) is 0 Å². The SMILES string of the molecule is COc1ccc(-c2cn(-c3ccc(F)cc3)c(CC(=O)N3CCN(c4ncccn4)CC3)n2)cc1. The Morgan fingerprint density at radius 1 is 0.971 bits per heavy atom. The number of benzene rings is 2. The molecule has 9 heteroatoms. The summed E-state index contributed by atoms with van der Waals surface area (Å²) in [6.07, 6.45) is 5.45. The minimum atomic E-state index is -0.317. The van der Waals surface area contributed by atoms with Crippen molar-refractivity contribution in [1.82, 2.24) is 24.4 Å². The zero-order chi connectivity index (χ0) is 24.2. The van der Waals surface area contributed by atoms with Crippen LogP contribution in [0, 0.1) is 5.82 Å². The largest absolute Gasteiger partial charge is 0.497 e. The molecule has 1 saturated heterocycles. The molecule has 0 unspecified atom stereocenters. The van der Waals surface area contributed by atoms with Gasteiger partial charge in [-0.25, -0.2) is 19.3 Å². The van der Waals surface area contributed by atoms with Gasteiger partial charge in [-0.05, 0) is 54.6 Å². The summed E-state index contributed by atoms with van der Waals surface area (Å²) < 4.78 is 20.6. The van der Waals surface area contributed by atoms with Gasteiger partial charge in [-0.15, -0.1) is 0 Å². The first-order valence-corrected chi connectivity index (χ1v) is 11.4. The third-order valence-corrected chi connectivity index (χ3v) is 6.05. The monoisotopic (exact) mass is 472 g/mol. The van der Waals surface area contributed by atoms with Gasteiger partial charge in [0.1, 0.15) is 17.4 Å². The van der Waals surface area contributed by atoms with Crippen molar-refractivity contribution < 1.29 is 13.9 Å². The van der Waals surface area contributed by atoms with E-state index in [0.717, 1.165) is 22.7 Å². The number of ether oxygens (including phenoxy) is 1. The van der Waals surface area contributed by atoms with Crippen LogP contribution in [0.3, 0.4) is 0 Å². The molecule has 4 aromatic rings. The van der Waals surface area contributed by atoms with Crippen LogP contribution in [0.2, 0.25) is 0 Å². The van der Waals surface area contributed by atoms with E-state index in [1.807, 2.05) is 39.9 Å². The average Bonchev–Trinajstić information content (AvgIpc) is 3.33. The predicted molar refractivity (Wildman–Crippen MR) is 130 cm³/mol. The molecule has 1 aliphatic heterocycles. The van der Waals surface area contributed by atoms with E-state index in [2.05, 4.69) is 14.9 Å². The summed E-state index contributed by atoms with van der Waals surface area (Å²) in [5.74, 6) is 1.70. The number of nitrogens with zero attached hydrogens (tertiary/aromatic N) is 6. The number of rotatable bonds is 6. The first-order chi connectivity index (χ1) is 17.1. The number of carbonyl (C=O) groups excluding carboxylic acids is 1. The second kappa shape index (κ2) is 9.92. The Kier molecular flexibility index (Phi) is 6.38. The van der Waals surface area contributed by atoms with Gasteiger partial charge in [0.15, 0.2) is 0 Å². The van der Waals surface area contributed by atoms with Crippen LogP contribution in [0.4, 0.5) is 10.3 Å². The van der Waals surface area contributed by atoms with E-state index < -0.39 is 0 Å². The average molecular weight is 473 g/mol. The summed E-state index contributed by atoms with van der Waals surface area (Å²) >= 11 is 0. The maximum atomic E-state index is 13.5. The van der Waals surface area contributed by atoms with Crippen LogP contribution < -0.4 is 9.64 Å². The Bertz CT molecular complexity index is 1280. The summed E-state index contributed by atoms with van der Waals surface area (Å²) in [6.45, 7) is 2.50. The number of hydrogen-bond acceptors (Lipinski definition) is 6. The van der Waals surface area contributed by atoms with Crippen molar-refractivity contribution in [3.8, 4) is 22.7 Å². The summed E-state index contributed by atoms with van der Waals surface area (Å²) in [7, 11) is 1.62. The number of piperazine rings is 1. The topological polar surface area (TPSA) is 76.4 Å². The van der Waals surface area contributed by atoms with Gasteiger partial charge >= 0.3 is 0 Å². The molecule has 2 aromatic carbocycles. The molecular formula is C26H25FN6O2. The summed E-state index contributed by atoms with van der Waals surface area (Å²) in [4.78, 5) is 30.5. The molecule has 178 valence electrons. The molecule has 0 saturated carbocycles. The van der Waals surface area contributed by atoms with Crippen LogP contribution in [0.1, 0.15) is 5.82 Å². The fraction of sp³-hybridized carbons (Fsp3) is 0.231. The molecule has 0 radical (unpaired) electrons. The van der Waals surface area contributed by atoms with Crippen LogP contribution >= 0.6 is 0 Å². The molecule has 0 N–H and O–H groups in total. The van der Waals surface area contributed by atoms with Gasteiger partial charge in [-0.3, -0.25) is 4.79 Å². The maximum Gasteiger partial charge on any atom is 0.230 e. The molecule has 2 aromatic heterocycles. The number of imidazole rings is 1. The van der Waals surface area contributed by atoms with Crippen molar-refractivity contribution in [2.24, 2.45) is 0 Å². The Hall–Kier alpha value is -4.27. The summed E-state index contributed by atoms with van der Waals surface area (Å²) in [6, 6.07) is 15.5. The highest BCUT2D eigenvalue weighted by Crippen LogP contribution is 2.25. The van der Waals surface area contributed by atoms with Gasteiger partial charge in [0.05, 0.1) is 19.2 Å². The van der Waals surface area contributed by atoms with E-state index >= 15 is 0 Å². The molecule has 0 bridgehead atoms. The summed E-state index contributed by atoms with van der Waals surface area (Å²) in [5.41, 5.74) is 2.37. The molecule has 0 aliphatic carbocycles. The Morgan fingerprint density at radius 2 is 1.66 bits per heavy atom. The Labute approximate surface area is 202 Å². The number of anilines is 1. The quantitative estimate of drug-likeness (QED) is 0.428. The second-order valence-electron chi connectivity index (χ2n) is 8.21. The van der Waals surface area contributed by atoms with Gasteiger partial charge in [-0.1, -0.05) is 0 Å². The number of methoxy groups -OCH3 is 1. The minimum absolute atomic E-state index is 0.00567. The van der Waals surface area contributed by atoms with Crippen molar-refractivity contribution in [3.05, 3.63) is 84.8 Å². The van der Waals surface area contributed by atoms with Crippen molar-refractivity contribution in [2.75, 3.05) is 38.2 Å². The maximum absolute atomic E-state index is 13.5. The van der Waals surface area contributed by atoms with Gasteiger partial charge < -0.3 is 19.1 Å². The van der Waals surface area contributed by atoms with E-state index in [9.17, 15) is 9.18 Å². The van der Waals surface area contributed by atoms with E-state index in [1.165, 1.54) is 12.1 Å². The van der Waals surface area contributed by atoms with Crippen LogP contribution in [0.25, 0.3) is 16.9 Å². The normalized spacial score (nSPS) is 13.7. The van der Waals surface area contributed by atoms with Gasteiger partial charge in [0, 0.05) is 56.0 Å². The zero-order valence-electron chi connectivity index (χ0n) is 19.3.